The first kappa shape index (κ1) is 18.6. The van der Waals surface area contributed by atoms with Gasteiger partial charge in [-0.1, -0.05) is 28.9 Å². The van der Waals surface area contributed by atoms with Crippen molar-refractivity contribution in [1.29, 1.82) is 0 Å². The molecule has 1 atom stereocenters. The van der Waals surface area contributed by atoms with Crippen LogP contribution in [0.3, 0.4) is 0 Å². The number of Topliss-reactive ketones (excluding diaryl/α,β-unsaturated/α-hetero) is 1. The van der Waals surface area contributed by atoms with E-state index < -0.39 is 11.0 Å². The highest BCUT2D eigenvalue weighted by Crippen LogP contribution is 2.27. The molecule has 0 aliphatic rings. The Morgan fingerprint density at radius 3 is 2.59 bits per heavy atom. The molecule has 3 rings (SSSR count). The molecule has 1 unspecified atom stereocenters. The summed E-state index contributed by atoms with van der Waals surface area (Å²) in [6.07, 6.45) is 0.115. The average molecular weight is 386 g/mol. The number of rotatable bonds is 7. The monoisotopic (exact) mass is 385 g/mol. The number of nitrogens with one attached hydrogen (secondary N) is 1. The molecule has 27 heavy (non-hydrogen) atoms. The highest BCUT2D eigenvalue weighted by molar-refractivity contribution is 6.30. The van der Waals surface area contributed by atoms with E-state index in [2.05, 4.69) is 10.5 Å². The van der Waals surface area contributed by atoms with E-state index >= 15 is 0 Å². The number of aryl methyl sites for hydroxylation is 1. The van der Waals surface area contributed by atoms with Crippen molar-refractivity contribution in [3.05, 3.63) is 86.6 Å². The van der Waals surface area contributed by atoms with E-state index in [1.54, 1.807) is 31.2 Å². The van der Waals surface area contributed by atoms with Crippen LogP contribution in [0, 0.1) is 17.0 Å². The van der Waals surface area contributed by atoms with Gasteiger partial charge in [0.05, 0.1) is 11.0 Å². The lowest BCUT2D eigenvalue weighted by molar-refractivity contribution is -0.384. The number of carbonyl (C=O) groups is 1. The molecule has 0 bridgehead atoms. The normalized spacial score (nSPS) is 11.8. The van der Waals surface area contributed by atoms with E-state index in [9.17, 15) is 14.9 Å². The summed E-state index contributed by atoms with van der Waals surface area (Å²) in [6.45, 7) is 1.77. The van der Waals surface area contributed by atoms with Gasteiger partial charge in [0.25, 0.3) is 5.69 Å². The maximum atomic E-state index is 12.7. The number of benzene rings is 2. The Labute approximate surface area is 160 Å². The van der Waals surface area contributed by atoms with Crippen LogP contribution in [0.2, 0.25) is 5.02 Å². The molecule has 0 aliphatic carbocycles. The molecule has 8 heteroatoms. The van der Waals surface area contributed by atoms with Crippen LogP contribution in [0.5, 0.6) is 0 Å². The van der Waals surface area contributed by atoms with Crippen LogP contribution in [0.25, 0.3) is 0 Å². The van der Waals surface area contributed by atoms with E-state index in [4.69, 9.17) is 16.1 Å². The number of nitrogens with zero attached hydrogens (tertiary/aromatic N) is 2. The third-order valence-corrected chi connectivity index (χ3v) is 4.23. The molecular formula is C19H16ClN3O4. The molecule has 1 heterocycles. The zero-order chi connectivity index (χ0) is 19.4. The Kier molecular flexibility index (Phi) is 5.52. The van der Waals surface area contributed by atoms with Crippen molar-refractivity contribution in [3.63, 3.8) is 0 Å². The number of ketones is 1. The number of non-ortho nitro benzene ring substituents is 1. The topological polar surface area (TPSA) is 98.3 Å². The van der Waals surface area contributed by atoms with Gasteiger partial charge in [-0.15, -0.1) is 0 Å². The summed E-state index contributed by atoms with van der Waals surface area (Å²) in [6, 6.07) is 14.1. The van der Waals surface area contributed by atoms with Crippen molar-refractivity contribution in [2.75, 3.05) is 5.32 Å². The molecule has 0 amide bonds. The van der Waals surface area contributed by atoms with Gasteiger partial charge < -0.3 is 9.84 Å². The lowest BCUT2D eigenvalue weighted by Crippen LogP contribution is -2.16. The van der Waals surface area contributed by atoms with Crippen molar-refractivity contribution in [2.45, 2.75) is 19.4 Å². The number of aromatic nitrogens is 1. The summed E-state index contributed by atoms with van der Waals surface area (Å²) in [5.41, 5.74) is 1.15. The summed E-state index contributed by atoms with van der Waals surface area (Å²) in [5.74, 6) is 0.987. The van der Waals surface area contributed by atoms with Crippen LogP contribution in [0.4, 0.5) is 11.5 Å². The van der Waals surface area contributed by atoms with E-state index in [0.717, 1.165) is 5.56 Å². The predicted molar refractivity (Wildman–Crippen MR) is 101 cm³/mol. The highest BCUT2D eigenvalue weighted by atomic mass is 35.5. The van der Waals surface area contributed by atoms with Crippen molar-refractivity contribution < 1.29 is 14.2 Å². The number of hydrogen-bond donors (Lipinski definition) is 1. The van der Waals surface area contributed by atoms with Gasteiger partial charge in [-0.2, -0.15) is 0 Å². The van der Waals surface area contributed by atoms with Crippen molar-refractivity contribution in [1.82, 2.24) is 5.16 Å². The maximum absolute atomic E-state index is 12.7. The number of nitro groups is 1. The van der Waals surface area contributed by atoms with E-state index in [-0.39, 0.29) is 17.9 Å². The Hall–Kier alpha value is -3.19. The van der Waals surface area contributed by atoms with Crippen LogP contribution >= 0.6 is 11.6 Å². The Morgan fingerprint density at radius 2 is 2.00 bits per heavy atom. The van der Waals surface area contributed by atoms with Crippen LogP contribution in [-0.4, -0.2) is 15.9 Å². The Balaban J connectivity index is 1.83. The summed E-state index contributed by atoms with van der Waals surface area (Å²) < 4.78 is 5.06. The van der Waals surface area contributed by atoms with Crippen LogP contribution in [-0.2, 0) is 0 Å². The molecule has 1 aromatic heterocycles. The minimum absolute atomic E-state index is 0.0610. The zero-order valence-electron chi connectivity index (χ0n) is 14.4. The highest BCUT2D eigenvalue weighted by Gasteiger charge is 2.19. The second-order valence-electron chi connectivity index (χ2n) is 6.01. The van der Waals surface area contributed by atoms with E-state index in [0.29, 0.717) is 22.2 Å². The Morgan fingerprint density at radius 1 is 1.26 bits per heavy atom. The fourth-order valence-corrected chi connectivity index (χ4v) is 2.86. The quantitative estimate of drug-likeness (QED) is 0.350. The SMILES string of the molecule is Cc1cc(NC(CC(=O)c2ccc([N+](=O)[O-])cc2)c2cccc(Cl)c2)no1. The third-order valence-electron chi connectivity index (χ3n) is 3.99. The fourth-order valence-electron chi connectivity index (χ4n) is 2.66. The molecule has 2 aromatic carbocycles. The van der Waals surface area contributed by atoms with Crippen LogP contribution in [0.1, 0.15) is 34.1 Å². The second kappa shape index (κ2) is 8.01. The lowest BCUT2D eigenvalue weighted by Gasteiger charge is -2.18. The summed E-state index contributed by atoms with van der Waals surface area (Å²) in [5, 5.41) is 18.4. The van der Waals surface area contributed by atoms with Gasteiger partial charge in [0, 0.05) is 35.2 Å². The number of carbonyl (C=O) groups excluding carboxylic acids is 1. The molecule has 0 radical (unpaired) electrons. The number of halogens is 1. The summed E-state index contributed by atoms with van der Waals surface area (Å²) in [7, 11) is 0. The van der Waals surface area contributed by atoms with E-state index in [1.807, 2.05) is 6.07 Å². The van der Waals surface area contributed by atoms with Gasteiger partial charge in [-0.3, -0.25) is 14.9 Å². The third kappa shape index (κ3) is 4.71. The lowest BCUT2D eigenvalue weighted by atomic mass is 9.97. The first-order valence-corrected chi connectivity index (χ1v) is 8.53. The minimum Gasteiger partial charge on any atom is -0.360 e. The molecular weight excluding hydrogens is 370 g/mol. The summed E-state index contributed by atoms with van der Waals surface area (Å²) in [4.78, 5) is 23.0. The second-order valence-corrected chi connectivity index (χ2v) is 6.44. The van der Waals surface area contributed by atoms with Gasteiger partial charge in [0.1, 0.15) is 5.76 Å². The standard InChI is InChI=1S/C19H16ClN3O4/c1-12-9-19(22-27-12)21-17(14-3-2-4-15(20)10-14)11-18(24)13-5-7-16(8-6-13)23(25)26/h2-10,17H,11H2,1H3,(H,21,22). The number of anilines is 1. The van der Waals surface area contributed by atoms with Gasteiger partial charge in [-0.05, 0) is 36.8 Å². The first-order chi connectivity index (χ1) is 12.9. The predicted octanol–water partition coefficient (Wildman–Crippen LogP) is 4.97. The molecule has 0 saturated carbocycles. The van der Waals surface area contributed by atoms with Crippen molar-refractivity contribution in [3.8, 4) is 0 Å². The van der Waals surface area contributed by atoms with Crippen molar-refractivity contribution >= 4 is 28.9 Å². The van der Waals surface area contributed by atoms with Crippen molar-refractivity contribution in [2.24, 2.45) is 0 Å². The fraction of sp³-hybridized carbons (Fsp3) is 0.158. The van der Waals surface area contributed by atoms with Crippen LogP contribution in [0.15, 0.2) is 59.1 Å². The van der Waals surface area contributed by atoms with Gasteiger partial charge in [-0.25, -0.2) is 0 Å². The van der Waals surface area contributed by atoms with E-state index in [1.165, 1.54) is 24.3 Å². The molecule has 1 N–H and O–H groups in total. The van der Waals surface area contributed by atoms with Gasteiger partial charge in [0.15, 0.2) is 11.6 Å². The minimum atomic E-state index is -0.502. The largest absolute Gasteiger partial charge is 0.360 e. The summed E-state index contributed by atoms with van der Waals surface area (Å²) >= 11 is 6.09. The molecule has 0 fully saturated rings. The molecule has 0 aliphatic heterocycles. The zero-order valence-corrected chi connectivity index (χ0v) is 15.1. The van der Waals surface area contributed by atoms with Gasteiger partial charge in [0.2, 0.25) is 0 Å². The maximum Gasteiger partial charge on any atom is 0.269 e. The molecule has 7 nitrogen and oxygen atoms in total. The molecule has 138 valence electrons. The average Bonchev–Trinajstić information content (AvgIpc) is 3.06. The molecule has 0 spiro atoms. The smallest absolute Gasteiger partial charge is 0.269 e. The van der Waals surface area contributed by atoms with Crippen LogP contribution < -0.4 is 5.32 Å². The first-order valence-electron chi connectivity index (χ1n) is 8.15. The Bertz CT molecular complexity index is 969. The molecule has 0 saturated heterocycles. The molecule has 3 aromatic rings. The number of nitro benzene ring substituents is 1. The van der Waals surface area contributed by atoms with Gasteiger partial charge >= 0.3 is 0 Å². The number of hydrogen-bond acceptors (Lipinski definition) is 6.